The summed E-state index contributed by atoms with van der Waals surface area (Å²) in [7, 11) is 0. The Morgan fingerprint density at radius 1 is 1.20 bits per heavy atom. The molecule has 3 N–H and O–H groups in total. The average Bonchev–Trinajstić information content (AvgIpc) is 1.89. The van der Waals surface area contributed by atoms with E-state index in [0.717, 1.165) is 12.8 Å². The van der Waals surface area contributed by atoms with Gasteiger partial charge in [-0.05, 0) is 13.3 Å². The van der Waals surface area contributed by atoms with Crippen LogP contribution in [0.1, 0.15) is 26.7 Å². The summed E-state index contributed by atoms with van der Waals surface area (Å²) in [6, 6.07) is 0. The van der Waals surface area contributed by atoms with E-state index in [1.165, 1.54) is 0 Å². The van der Waals surface area contributed by atoms with Crippen LogP contribution in [0, 0.1) is 0 Å². The second kappa shape index (κ2) is 11.6. The fourth-order valence-electron chi connectivity index (χ4n) is 0.418. The van der Waals surface area contributed by atoms with Gasteiger partial charge < -0.3 is 15.3 Å². The Morgan fingerprint density at radius 3 is 1.60 bits per heavy atom. The number of hydrogen-bond acceptors (Lipinski definition) is 3. The third-order valence-electron chi connectivity index (χ3n) is 0.806. The molecule has 0 radical (unpaired) electrons. The topological polar surface area (TPSA) is 60.7 Å². The van der Waals surface area contributed by atoms with Gasteiger partial charge in [0.05, 0.1) is 19.3 Å². The van der Waals surface area contributed by atoms with Gasteiger partial charge in [-0.2, -0.15) is 0 Å². The van der Waals surface area contributed by atoms with Crippen LogP contribution in [0.25, 0.3) is 0 Å². The Balaban J connectivity index is 0. The number of aliphatic hydroxyl groups is 3. The molecule has 0 aromatic heterocycles. The first kappa shape index (κ1) is 12.5. The minimum absolute atomic E-state index is 0.102. The Kier molecular flexibility index (Phi) is 14.6. The SMILES string of the molecule is CCCC(C)O.OCCO. The van der Waals surface area contributed by atoms with Gasteiger partial charge in [-0.3, -0.25) is 0 Å². The third kappa shape index (κ3) is 24.8. The zero-order chi connectivity index (χ0) is 8.41. The van der Waals surface area contributed by atoms with E-state index >= 15 is 0 Å². The smallest absolute Gasteiger partial charge is 0.0662 e. The largest absolute Gasteiger partial charge is 0.394 e. The maximum atomic E-state index is 8.55. The van der Waals surface area contributed by atoms with Crippen LogP contribution in [0.3, 0.4) is 0 Å². The standard InChI is InChI=1S/C5H12O.C2H6O2/c1-3-4-5(2)6;3-1-2-4/h5-6H,3-4H2,1-2H3;3-4H,1-2H2. The Bertz CT molecular complexity index is 44.1. The molecule has 1 atom stereocenters. The summed E-state index contributed by atoms with van der Waals surface area (Å²) >= 11 is 0. The van der Waals surface area contributed by atoms with Gasteiger partial charge in [0.2, 0.25) is 0 Å². The van der Waals surface area contributed by atoms with Gasteiger partial charge in [0.1, 0.15) is 0 Å². The highest BCUT2D eigenvalue weighted by Gasteiger charge is 1.87. The summed E-state index contributed by atoms with van der Waals surface area (Å²) in [5, 5.41) is 23.8. The van der Waals surface area contributed by atoms with E-state index in [4.69, 9.17) is 15.3 Å². The molecule has 0 heterocycles. The van der Waals surface area contributed by atoms with Crippen molar-refractivity contribution in [1.82, 2.24) is 0 Å². The van der Waals surface area contributed by atoms with E-state index in [1.807, 2.05) is 6.92 Å². The molecule has 10 heavy (non-hydrogen) atoms. The van der Waals surface area contributed by atoms with E-state index in [1.54, 1.807) is 0 Å². The lowest BCUT2D eigenvalue weighted by molar-refractivity contribution is 0.183. The Hall–Kier alpha value is -0.120. The zero-order valence-electron chi connectivity index (χ0n) is 6.75. The summed E-state index contributed by atoms with van der Waals surface area (Å²) in [5.74, 6) is 0. The van der Waals surface area contributed by atoms with Crippen LogP contribution in [0.2, 0.25) is 0 Å². The lowest BCUT2D eigenvalue weighted by atomic mass is 10.2. The molecule has 1 unspecified atom stereocenters. The zero-order valence-corrected chi connectivity index (χ0v) is 6.75. The molecule has 0 saturated carbocycles. The molecule has 0 fully saturated rings. The normalized spacial score (nSPS) is 11.7. The van der Waals surface area contributed by atoms with Crippen LogP contribution in [0.4, 0.5) is 0 Å². The molecule has 0 aromatic carbocycles. The fourth-order valence-corrected chi connectivity index (χ4v) is 0.418. The Labute approximate surface area is 62.3 Å². The average molecular weight is 150 g/mol. The first-order valence-electron chi connectivity index (χ1n) is 3.58. The molecule has 3 nitrogen and oxygen atoms in total. The van der Waals surface area contributed by atoms with Crippen LogP contribution < -0.4 is 0 Å². The summed E-state index contributed by atoms with van der Waals surface area (Å²) in [5.41, 5.74) is 0. The second-order valence-corrected chi connectivity index (χ2v) is 2.08. The molecule has 0 aliphatic carbocycles. The Morgan fingerprint density at radius 2 is 1.60 bits per heavy atom. The summed E-state index contributed by atoms with van der Waals surface area (Å²) in [6.45, 7) is 3.62. The van der Waals surface area contributed by atoms with Gasteiger partial charge in [0.25, 0.3) is 0 Å². The van der Waals surface area contributed by atoms with E-state index in [9.17, 15) is 0 Å². The van der Waals surface area contributed by atoms with Crippen LogP contribution >= 0.6 is 0 Å². The second-order valence-electron chi connectivity index (χ2n) is 2.08. The molecule has 0 aromatic rings. The summed E-state index contributed by atoms with van der Waals surface area (Å²) in [6.07, 6.45) is 1.91. The number of aliphatic hydroxyl groups excluding tert-OH is 3. The number of rotatable bonds is 3. The quantitative estimate of drug-likeness (QED) is 0.536. The molecule has 0 aliphatic heterocycles. The van der Waals surface area contributed by atoms with E-state index < -0.39 is 0 Å². The van der Waals surface area contributed by atoms with Crippen molar-refractivity contribution in [3.8, 4) is 0 Å². The van der Waals surface area contributed by atoms with Crippen molar-refractivity contribution in [3.63, 3.8) is 0 Å². The molecule has 0 rings (SSSR count). The highest BCUT2D eigenvalue weighted by atomic mass is 16.3. The molecule has 3 heteroatoms. The predicted molar refractivity (Wildman–Crippen MR) is 40.8 cm³/mol. The van der Waals surface area contributed by atoms with Crippen molar-refractivity contribution in [1.29, 1.82) is 0 Å². The van der Waals surface area contributed by atoms with Crippen molar-refractivity contribution >= 4 is 0 Å². The van der Waals surface area contributed by atoms with E-state index in [2.05, 4.69) is 6.92 Å². The maximum Gasteiger partial charge on any atom is 0.0662 e. The van der Waals surface area contributed by atoms with Crippen molar-refractivity contribution in [3.05, 3.63) is 0 Å². The van der Waals surface area contributed by atoms with Gasteiger partial charge >= 0.3 is 0 Å². The first-order valence-corrected chi connectivity index (χ1v) is 3.58. The minimum atomic E-state index is -0.125. The van der Waals surface area contributed by atoms with Crippen LogP contribution in [-0.4, -0.2) is 34.6 Å². The molecule has 0 amide bonds. The van der Waals surface area contributed by atoms with Gasteiger partial charge in [-0.25, -0.2) is 0 Å². The minimum Gasteiger partial charge on any atom is -0.394 e. The highest BCUT2D eigenvalue weighted by Crippen LogP contribution is 1.91. The highest BCUT2D eigenvalue weighted by molar-refractivity contribution is 4.40. The molecule has 64 valence electrons. The molecule has 0 saturated heterocycles. The van der Waals surface area contributed by atoms with Crippen LogP contribution in [-0.2, 0) is 0 Å². The third-order valence-corrected chi connectivity index (χ3v) is 0.806. The monoisotopic (exact) mass is 150 g/mol. The van der Waals surface area contributed by atoms with Crippen molar-refractivity contribution < 1.29 is 15.3 Å². The van der Waals surface area contributed by atoms with Crippen molar-refractivity contribution in [2.45, 2.75) is 32.8 Å². The molecule has 0 aliphatic rings. The molecular weight excluding hydrogens is 132 g/mol. The predicted octanol–water partition coefficient (Wildman–Crippen LogP) is 0.138. The first-order chi connectivity index (χ1) is 4.68. The van der Waals surface area contributed by atoms with Crippen LogP contribution in [0.5, 0.6) is 0 Å². The summed E-state index contributed by atoms with van der Waals surface area (Å²) in [4.78, 5) is 0. The molecule has 0 bridgehead atoms. The maximum absolute atomic E-state index is 8.55. The van der Waals surface area contributed by atoms with Crippen LogP contribution in [0.15, 0.2) is 0 Å². The van der Waals surface area contributed by atoms with Gasteiger partial charge in [-0.15, -0.1) is 0 Å². The van der Waals surface area contributed by atoms with Gasteiger partial charge in [0.15, 0.2) is 0 Å². The summed E-state index contributed by atoms with van der Waals surface area (Å²) < 4.78 is 0. The lowest BCUT2D eigenvalue weighted by Crippen LogP contribution is -1.95. The number of hydrogen-bond donors (Lipinski definition) is 3. The van der Waals surface area contributed by atoms with Crippen molar-refractivity contribution in [2.24, 2.45) is 0 Å². The molecular formula is C7H18O3. The van der Waals surface area contributed by atoms with E-state index in [-0.39, 0.29) is 19.3 Å². The van der Waals surface area contributed by atoms with Crippen molar-refractivity contribution in [2.75, 3.05) is 13.2 Å². The fraction of sp³-hybridized carbons (Fsp3) is 1.00. The lowest BCUT2D eigenvalue weighted by Gasteiger charge is -1.95. The molecule has 0 spiro atoms. The van der Waals surface area contributed by atoms with E-state index in [0.29, 0.717) is 0 Å². The van der Waals surface area contributed by atoms with Gasteiger partial charge in [-0.1, -0.05) is 13.3 Å². The van der Waals surface area contributed by atoms with Gasteiger partial charge in [0, 0.05) is 0 Å².